The molecule has 0 radical (unpaired) electrons. The van der Waals surface area contributed by atoms with Gasteiger partial charge in [0.2, 0.25) is 0 Å². The number of hydrogen-bond donors (Lipinski definition) is 0. The van der Waals surface area contributed by atoms with Crippen LogP contribution >= 0.6 is 0 Å². The van der Waals surface area contributed by atoms with Crippen LogP contribution in [0.3, 0.4) is 0 Å². The second-order valence-electron chi connectivity index (χ2n) is 6.85. The SMILES string of the molecule is Cc1cc(C(=O)N(Cc2ccc3c(c2)OCCO3)CC(C)C)n(C)n1. The van der Waals surface area contributed by atoms with E-state index in [-0.39, 0.29) is 5.91 Å². The molecule has 0 aliphatic carbocycles. The summed E-state index contributed by atoms with van der Waals surface area (Å²) in [5.74, 6) is 1.87. The van der Waals surface area contributed by atoms with Crippen molar-refractivity contribution in [1.29, 1.82) is 0 Å². The molecule has 6 heteroatoms. The zero-order valence-corrected chi connectivity index (χ0v) is 15.3. The molecule has 2 heterocycles. The van der Waals surface area contributed by atoms with E-state index >= 15 is 0 Å². The minimum atomic E-state index is -0.00770. The minimum absolute atomic E-state index is 0.00770. The van der Waals surface area contributed by atoms with Crippen molar-refractivity contribution >= 4 is 5.91 Å². The van der Waals surface area contributed by atoms with Gasteiger partial charge >= 0.3 is 0 Å². The van der Waals surface area contributed by atoms with Crippen LogP contribution in [0.25, 0.3) is 0 Å². The fourth-order valence-corrected chi connectivity index (χ4v) is 3.04. The monoisotopic (exact) mass is 343 g/mol. The summed E-state index contributed by atoms with van der Waals surface area (Å²) < 4.78 is 12.9. The lowest BCUT2D eigenvalue weighted by atomic mass is 10.1. The molecule has 2 aromatic rings. The Labute approximate surface area is 148 Å². The van der Waals surface area contributed by atoms with Crippen LogP contribution in [0, 0.1) is 12.8 Å². The van der Waals surface area contributed by atoms with Gasteiger partial charge in [0.1, 0.15) is 18.9 Å². The highest BCUT2D eigenvalue weighted by atomic mass is 16.6. The lowest BCUT2D eigenvalue weighted by Gasteiger charge is -2.26. The van der Waals surface area contributed by atoms with Gasteiger partial charge in [0.05, 0.1) is 5.69 Å². The number of carbonyl (C=O) groups excluding carboxylic acids is 1. The number of fused-ring (bicyclic) bond motifs is 1. The van der Waals surface area contributed by atoms with E-state index in [1.54, 1.807) is 11.7 Å². The summed E-state index contributed by atoms with van der Waals surface area (Å²) in [7, 11) is 1.80. The van der Waals surface area contributed by atoms with Crippen LogP contribution in [0.4, 0.5) is 0 Å². The zero-order valence-electron chi connectivity index (χ0n) is 15.3. The van der Waals surface area contributed by atoms with Gasteiger partial charge in [0.15, 0.2) is 11.5 Å². The third-order valence-electron chi connectivity index (χ3n) is 4.07. The Morgan fingerprint density at radius 1 is 1.24 bits per heavy atom. The molecule has 134 valence electrons. The molecule has 1 aliphatic heterocycles. The number of hydrogen-bond acceptors (Lipinski definition) is 4. The molecule has 0 saturated heterocycles. The third-order valence-corrected chi connectivity index (χ3v) is 4.07. The van der Waals surface area contributed by atoms with Crippen molar-refractivity contribution in [3.63, 3.8) is 0 Å². The number of nitrogens with zero attached hydrogens (tertiary/aromatic N) is 3. The van der Waals surface area contributed by atoms with Gasteiger partial charge in [-0.15, -0.1) is 0 Å². The lowest BCUT2D eigenvalue weighted by molar-refractivity contribution is 0.0711. The van der Waals surface area contributed by atoms with Crippen molar-refractivity contribution in [2.75, 3.05) is 19.8 Å². The Hall–Kier alpha value is -2.50. The van der Waals surface area contributed by atoms with E-state index in [0.717, 1.165) is 22.8 Å². The highest BCUT2D eigenvalue weighted by molar-refractivity contribution is 5.92. The van der Waals surface area contributed by atoms with E-state index in [2.05, 4.69) is 18.9 Å². The summed E-state index contributed by atoms with van der Waals surface area (Å²) in [6, 6.07) is 7.70. The number of carbonyl (C=O) groups is 1. The number of amides is 1. The van der Waals surface area contributed by atoms with E-state index < -0.39 is 0 Å². The van der Waals surface area contributed by atoms with Crippen LogP contribution in [0.2, 0.25) is 0 Å². The molecular formula is C19H25N3O3. The molecule has 1 aliphatic rings. The van der Waals surface area contributed by atoms with Gasteiger partial charge in [-0.25, -0.2) is 0 Å². The second-order valence-corrected chi connectivity index (χ2v) is 6.85. The number of ether oxygens (including phenoxy) is 2. The van der Waals surface area contributed by atoms with Gasteiger partial charge in [-0.2, -0.15) is 5.10 Å². The lowest BCUT2D eigenvalue weighted by Crippen LogP contribution is -2.35. The number of aromatic nitrogens is 2. The van der Waals surface area contributed by atoms with Gasteiger partial charge in [-0.1, -0.05) is 19.9 Å². The first-order chi connectivity index (χ1) is 11.9. The maximum atomic E-state index is 13.0. The van der Waals surface area contributed by atoms with E-state index in [1.165, 1.54) is 0 Å². The normalized spacial score (nSPS) is 13.2. The van der Waals surface area contributed by atoms with Gasteiger partial charge in [0, 0.05) is 20.1 Å². The van der Waals surface area contributed by atoms with Crippen molar-refractivity contribution < 1.29 is 14.3 Å². The quantitative estimate of drug-likeness (QED) is 0.838. The van der Waals surface area contributed by atoms with E-state index in [0.29, 0.717) is 37.9 Å². The third kappa shape index (κ3) is 3.95. The Bertz CT molecular complexity index is 767. The van der Waals surface area contributed by atoms with E-state index in [9.17, 15) is 4.79 Å². The van der Waals surface area contributed by atoms with Crippen LogP contribution in [0.5, 0.6) is 11.5 Å². The van der Waals surface area contributed by atoms with Crippen molar-refractivity contribution in [3.8, 4) is 11.5 Å². The predicted molar refractivity (Wildman–Crippen MR) is 95.0 cm³/mol. The Kier molecular flexibility index (Phi) is 4.97. The van der Waals surface area contributed by atoms with Crippen LogP contribution in [-0.2, 0) is 13.6 Å². The van der Waals surface area contributed by atoms with Crippen molar-refractivity contribution in [2.45, 2.75) is 27.3 Å². The largest absolute Gasteiger partial charge is 0.486 e. The Morgan fingerprint density at radius 3 is 2.60 bits per heavy atom. The fourth-order valence-electron chi connectivity index (χ4n) is 3.04. The second kappa shape index (κ2) is 7.17. The topological polar surface area (TPSA) is 56.6 Å². The Balaban J connectivity index is 1.83. The van der Waals surface area contributed by atoms with Crippen molar-refractivity contribution in [2.24, 2.45) is 13.0 Å². The van der Waals surface area contributed by atoms with Crippen LogP contribution < -0.4 is 9.47 Å². The van der Waals surface area contributed by atoms with Gasteiger partial charge in [-0.3, -0.25) is 9.48 Å². The van der Waals surface area contributed by atoms with Gasteiger partial charge in [-0.05, 0) is 36.6 Å². The molecule has 0 saturated carbocycles. The number of benzene rings is 1. The summed E-state index contributed by atoms with van der Waals surface area (Å²) in [6.07, 6.45) is 0. The average Bonchev–Trinajstić information content (AvgIpc) is 2.91. The van der Waals surface area contributed by atoms with E-state index in [4.69, 9.17) is 9.47 Å². The fraction of sp³-hybridized carbons (Fsp3) is 0.474. The molecular weight excluding hydrogens is 318 g/mol. The first kappa shape index (κ1) is 17.3. The molecule has 0 bridgehead atoms. The maximum Gasteiger partial charge on any atom is 0.272 e. The average molecular weight is 343 g/mol. The summed E-state index contributed by atoms with van der Waals surface area (Å²) in [5, 5.41) is 4.29. The summed E-state index contributed by atoms with van der Waals surface area (Å²) in [6.45, 7) is 8.44. The standard InChI is InChI=1S/C19H25N3O3/c1-13(2)11-22(19(23)16-9-14(3)20-21(16)4)12-15-5-6-17-18(10-15)25-8-7-24-17/h5-6,9-10,13H,7-8,11-12H2,1-4H3. The first-order valence-corrected chi connectivity index (χ1v) is 8.62. The molecule has 0 fully saturated rings. The van der Waals surface area contributed by atoms with Crippen LogP contribution in [0.1, 0.15) is 35.6 Å². The molecule has 1 aromatic heterocycles. The summed E-state index contributed by atoms with van der Waals surface area (Å²) >= 11 is 0. The molecule has 6 nitrogen and oxygen atoms in total. The highest BCUT2D eigenvalue weighted by Gasteiger charge is 2.22. The van der Waals surface area contributed by atoms with Crippen LogP contribution in [-0.4, -0.2) is 40.3 Å². The molecule has 1 aromatic carbocycles. The van der Waals surface area contributed by atoms with E-state index in [1.807, 2.05) is 36.1 Å². The number of aryl methyl sites for hydroxylation is 2. The predicted octanol–water partition coefficient (Wildman–Crippen LogP) is 2.80. The van der Waals surface area contributed by atoms with Gasteiger partial charge < -0.3 is 14.4 Å². The smallest absolute Gasteiger partial charge is 0.272 e. The zero-order chi connectivity index (χ0) is 18.0. The van der Waals surface area contributed by atoms with Crippen LogP contribution in [0.15, 0.2) is 24.3 Å². The number of rotatable bonds is 5. The minimum Gasteiger partial charge on any atom is -0.486 e. The van der Waals surface area contributed by atoms with Crippen molar-refractivity contribution in [1.82, 2.24) is 14.7 Å². The molecule has 0 N–H and O–H groups in total. The molecule has 25 heavy (non-hydrogen) atoms. The first-order valence-electron chi connectivity index (χ1n) is 8.62. The molecule has 0 spiro atoms. The molecule has 1 amide bonds. The summed E-state index contributed by atoms with van der Waals surface area (Å²) in [4.78, 5) is 14.9. The summed E-state index contributed by atoms with van der Waals surface area (Å²) in [5.41, 5.74) is 2.47. The Morgan fingerprint density at radius 2 is 1.96 bits per heavy atom. The molecule has 0 unspecified atom stereocenters. The molecule has 3 rings (SSSR count). The molecule has 0 atom stereocenters. The van der Waals surface area contributed by atoms with Crippen molar-refractivity contribution in [3.05, 3.63) is 41.2 Å². The highest BCUT2D eigenvalue weighted by Crippen LogP contribution is 2.31. The van der Waals surface area contributed by atoms with Gasteiger partial charge in [0.25, 0.3) is 5.91 Å². The maximum absolute atomic E-state index is 13.0.